The van der Waals surface area contributed by atoms with Crippen LogP contribution in [0.2, 0.25) is 0 Å². The van der Waals surface area contributed by atoms with Gasteiger partial charge in [-0.2, -0.15) is 0 Å². The quantitative estimate of drug-likeness (QED) is 0.678. The average molecular weight is 429 g/mol. The van der Waals surface area contributed by atoms with E-state index < -0.39 is 17.7 Å². The van der Waals surface area contributed by atoms with Gasteiger partial charge < -0.3 is 24.2 Å². The number of amides is 1. The molecule has 1 amide bonds. The summed E-state index contributed by atoms with van der Waals surface area (Å²) in [7, 11) is 3.07. The molecule has 0 bridgehead atoms. The monoisotopic (exact) mass is 429 g/mol. The first-order chi connectivity index (χ1) is 14.5. The molecule has 2 aliphatic rings. The molecule has 1 saturated heterocycles. The fourth-order valence-electron chi connectivity index (χ4n) is 4.00. The number of Topliss-reactive ketones (excluding diaryl/α,β-unsaturated/α-hetero) is 1. The Labute approximate surface area is 178 Å². The van der Waals surface area contributed by atoms with E-state index in [1.165, 1.54) is 23.3 Å². The molecule has 7 nitrogen and oxygen atoms in total. The van der Waals surface area contributed by atoms with Crippen molar-refractivity contribution in [1.29, 1.82) is 0 Å². The molecule has 1 aromatic heterocycles. The summed E-state index contributed by atoms with van der Waals surface area (Å²) < 4.78 is 16.6. The topological polar surface area (TPSA) is 85.3 Å². The number of aliphatic hydroxyl groups excluding tert-OH is 1. The molecule has 0 unspecified atom stereocenters. The van der Waals surface area contributed by atoms with Crippen molar-refractivity contribution in [2.75, 3.05) is 27.4 Å². The summed E-state index contributed by atoms with van der Waals surface area (Å²) in [5, 5.41) is 12.5. The molecule has 2 aliphatic heterocycles. The SMILES string of the molecule is COc1ccc(OC)c([C@@H]2C(C(=O)c3cccs3)=C(O)C(=O)N2C[C@@H]2CCCO2)c1. The van der Waals surface area contributed by atoms with Crippen LogP contribution in [0.15, 0.2) is 47.0 Å². The molecule has 2 atom stereocenters. The molecule has 2 aromatic rings. The molecule has 158 valence electrons. The Bertz CT molecular complexity index is 978. The lowest BCUT2D eigenvalue weighted by molar-refractivity contribution is -0.131. The Hall–Kier alpha value is -2.84. The van der Waals surface area contributed by atoms with E-state index in [0.29, 0.717) is 28.5 Å². The van der Waals surface area contributed by atoms with Crippen molar-refractivity contribution in [3.05, 3.63) is 57.5 Å². The molecule has 1 N–H and O–H groups in total. The molecule has 0 spiro atoms. The fraction of sp³-hybridized carbons (Fsp3) is 0.364. The van der Waals surface area contributed by atoms with Crippen molar-refractivity contribution in [2.45, 2.75) is 25.0 Å². The van der Waals surface area contributed by atoms with Crippen LogP contribution in [0.1, 0.15) is 34.1 Å². The molecule has 1 aromatic carbocycles. The minimum absolute atomic E-state index is 0.0481. The van der Waals surface area contributed by atoms with Gasteiger partial charge in [0.1, 0.15) is 11.5 Å². The van der Waals surface area contributed by atoms with Crippen LogP contribution >= 0.6 is 11.3 Å². The van der Waals surface area contributed by atoms with Gasteiger partial charge in [-0.25, -0.2) is 0 Å². The molecule has 0 radical (unpaired) electrons. The number of ether oxygens (including phenoxy) is 3. The highest BCUT2D eigenvalue weighted by molar-refractivity contribution is 7.12. The van der Waals surface area contributed by atoms with Crippen LogP contribution in [0.3, 0.4) is 0 Å². The molecule has 8 heteroatoms. The van der Waals surface area contributed by atoms with Crippen molar-refractivity contribution < 1.29 is 28.9 Å². The zero-order valence-electron chi connectivity index (χ0n) is 16.8. The number of carbonyl (C=O) groups excluding carboxylic acids is 2. The van der Waals surface area contributed by atoms with E-state index in [1.807, 2.05) is 0 Å². The standard InChI is InChI=1S/C22H23NO6S/c1-27-13-7-8-16(28-2)15(11-13)19-18(20(24)17-6-4-10-30-17)21(25)22(26)23(19)12-14-5-3-9-29-14/h4,6-8,10-11,14,19,25H,3,5,9,12H2,1-2H3/t14-,19+/m0/s1. The van der Waals surface area contributed by atoms with Crippen molar-refractivity contribution >= 4 is 23.0 Å². The third-order valence-corrected chi connectivity index (χ3v) is 6.32. The average Bonchev–Trinajstić information content (AvgIpc) is 3.52. The van der Waals surface area contributed by atoms with Gasteiger partial charge in [0.25, 0.3) is 5.91 Å². The zero-order valence-corrected chi connectivity index (χ0v) is 17.6. The summed E-state index contributed by atoms with van der Waals surface area (Å²) in [6.07, 6.45) is 1.60. The van der Waals surface area contributed by atoms with Crippen LogP contribution in [-0.4, -0.2) is 55.2 Å². The highest BCUT2D eigenvalue weighted by Gasteiger charge is 2.46. The number of hydrogen-bond acceptors (Lipinski definition) is 7. The molecule has 30 heavy (non-hydrogen) atoms. The van der Waals surface area contributed by atoms with Crippen molar-refractivity contribution in [3.8, 4) is 11.5 Å². The number of nitrogens with zero attached hydrogens (tertiary/aromatic N) is 1. The van der Waals surface area contributed by atoms with Crippen LogP contribution in [0.5, 0.6) is 11.5 Å². The molecular weight excluding hydrogens is 406 g/mol. The maximum atomic E-state index is 13.3. The van der Waals surface area contributed by atoms with Gasteiger partial charge in [0.05, 0.1) is 36.8 Å². The van der Waals surface area contributed by atoms with Gasteiger partial charge >= 0.3 is 0 Å². The van der Waals surface area contributed by atoms with Crippen LogP contribution < -0.4 is 9.47 Å². The van der Waals surface area contributed by atoms with Gasteiger partial charge in [0.2, 0.25) is 5.78 Å². The lowest BCUT2D eigenvalue weighted by atomic mass is 9.94. The van der Waals surface area contributed by atoms with E-state index in [0.717, 1.165) is 12.8 Å². The second-order valence-corrected chi connectivity index (χ2v) is 8.12. The van der Waals surface area contributed by atoms with Crippen LogP contribution in [0, 0.1) is 0 Å². The smallest absolute Gasteiger partial charge is 0.290 e. The predicted molar refractivity (Wildman–Crippen MR) is 111 cm³/mol. The fourth-order valence-corrected chi connectivity index (χ4v) is 4.68. The number of ketones is 1. The minimum atomic E-state index is -0.804. The second-order valence-electron chi connectivity index (χ2n) is 7.17. The van der Waals surface area contributed by atoms with Gasteiger partial charge in [-0.05, 0) is 42.5 Å². The number of hydrogen-bond donors (Lipinski definition) is 1. The first-order valence-electron chi connectivity index (χ1n) is 9.71. The highest BCUT2D eigenvalue weighted by atomic mass is 32.1. The maximum absolute atomic E-state index is 13.3. The molecule has 0 aliphatic carbocycles. The van der Waals surface area contributed by atoms with Crippen molar-refractivity contribution in [3.63, 3.8) is 0 Å². The Kier molecular flexibility index (Phi) is 5.78. The third-order valence-electron chi connectivity index (χ3n) is 5.45. The van der Waals surface area contributed by atoms with E-state index in [9.17, 15) is 14.7 Å². The lowest BCUT2D eigenvalue weighted by Gasteiger charge is -2.30. The van der Waals surface area contributed by atoms with E-state index in [1.54, 1.807) is 42.8 Å². The third kappa shape index (κ3) is 3.57. The highest BCUT2D eigenvalue weighted by Crippen LogP contribution is 2.44. The van der Waals surface area contributed by atoms with Gasteiger partial charge in [0, 0.05) is 18.7 Å². The van der Waals surface area contributed by atoms with Crippen LogP contribution in [0.4, 0.5) is 0 Å². The van der Waals surface area contributed by atoms with E-state index in [-0.39, 0.29) is 24.0 Å². The lowest BCUT2D eigenvalue weighted by Crippen LogP contribution is -2.37. The largest absolute Gasteiger partial charge is 0.503 e. The first-order valence-corrected chi connectivity index (χ1v) is 10.6. The summed E-state index contributed by atoms with van der Waals surface area (Å²) in [5.74, 6) is -0.427. The Morgan fingerprint density at radius 3 is 2.77 bits per heavy atom. The number of carbonyl (C=O) groups is 2. The molecule has 3 heterocycles. The maximum Gasteiger partial charge on any atom is 0.290 e. The van der Waals surface area contributed by atoms with Crippen LogP contribution in [0.25, 0.3) is 0 Å². The number of aliphatic hydroxyl groups is 1. The van der Waals surface area contributed by atoms with Crippen LogP contribution in [-0.2, 0) is 9.53 Å². The van der Waals surface area contributed by atoms with E-state index in [2.05, 4.69) is 0 Å². The van der Waals surface area contributed by atoms with Crippen molar-refractivity contribution in [1.82, 2.24) is 4.90 Å². The molecular formula is C22H23NO6S. The van der Waals surface area contributed by atoms with E-state index >= 15 is 0 Å². The van der Waals surface area contributed by atoms with Gasteiger partial charge in [-0.3, -0.25) is 9.59 Å². The van der Waals surface area contributed by atoms with E-state index in [4.69, 9.17) is 14.2 Å². The predicted octanol–water partition coefficient (Wildman–Crippen LogP) is 3.52. The number of benzene rings is 1. The molecule has 1 fully saturated rings. The second kappa shape index (κ2) is 8.49. The van der Waals surface area contributed by atoms with Gasteiger partial charge in [-0.1, -0.05) is 6.07 Å². The number of methoxy groups -OCH3 is 2. The zero-order chi connectivity index (χ0) is 21.3. The summed E-state index contributed by atoms with van der Waals surface area (Å²) in [5.41, 5.74) is 0.624. The Morgan fingerprint density at radius 2 is 2.13 bits per heavy atom. The Morgan fingerprint density at radius 1 is 1.30 bits per heavy atom. The minimum Gasteiger partial charge on any atom is -0.503 e. The normalized spacial score (nSPS) is 21.4. The van der Waals surface area contributed by atoms with Crippen molar-refractivity contribution in [2.24, 2.45) is 0 Å². The Balaban J connectivity index is 1.83. The molecule has 4 rings (SSSR count). The van der Waals surface area contributed by atoms with Gasteiger partial charge in [0.15, 0.2) is 5.76 Å². The summed E-state index contributed by atoms with van der Waals surface area (Å²) in [6, 6.07) is 7.85. The summed E-state index contributed by atoms with van der Waals surface area (Å²) in [4.78, 5) is 28.3. The first kappa shape index (κ1) is 20.4. The van der Waals surface area contributed by atoms with Gasteiger partial charge in [-0.15, -0.1) is 11.3 Å². The molecule has 0 saturated carbocycles. The number of thiophene rings is 1. The number of rotatable bonds is 7. The summed E-state index contributed by atoms with van der Waals surface area (Å²) >= 11 is 1.26. The summed E-state index contributed by atoms with van der Waals surface area (Å²) in [6.45, 7) is 0.912.